The summed E-state index contributed by atoms with van der Waals surface area (Å²) in [6, 6.07) is 0. The highest BCUT2D eigenvalue weighted by molar-refractivity contribution is 6.27. The van der Waals surface area contributed by atoms with Gasteiger partial charge in [-0.2, -0.15) is 4.98 Å². The molecular weight excluding hydrogens is 293 g/mol. The molecule has 1 unspecified atom stereocenters. The molecule has 0 aromatic carbocycles. The molecule has 2 heterocycles. The number of aliphatic hydroxyl groups excluding tert-OH is 2. The number of halogens is 2. The van der Waals surface area contributed by atoms with Gasteiger partial charge in [0, 0.05) is 0 Å². The number of ether oxygens (including phenoxy) is 1. The summed E-state index contributed by atoms with van der Waals surface area (Å²) in [5.74, 6) is 0.557. The molecular formula is C11H11ClFN3O4. The van der Waals surface area contributed by atoms with Crippen LogP contribution >= 0.6 is 11.6 Å². The summed E-state index contributed by atoms with van der Waals surface area (Å²) in [6.45, 7) is -0.576. The molecule has 1 aliphatic heterocycles. The summed E-state index contributed by atoms with van der Waals surface area (Å²) in [7, 11) is 0. The van der Waals surface area contributed by atoms with Crippen molar-refractivity contribution in [1.29, 1.82) is 0 Å². The van der Waals surface area contributed by atoms with Gasteiger partial charge in [0.15, 0.2) is 22.7 Å². The number of terminal acetylenes is 1. The zero-order valence-electron chi connectivity index (χ0n) is 10.0. The molecule has 1 fully saturated rings. The van der Waals surface area contributed by atoms with E-state index in [0.29, 0.717) is 4.57 Å². The zero-order valence-corrected chi connectivity index (χ0v) is 10.8. The maximum Gasteiger partial charge on any atom is 0.351 e. The number of hydrogen-bond acceptors (Lipinski definition) is 6. The van der Waals surface area contributed by atoms with E-state index in [4.69, 9.17) is 33.6 Å². The fourth-order valence-corrected chi connectivity index (χ4v) is 2.25. The van der Waals surface area contributed by atoms with Gasteiger partial charge in [0.1, 0.15) is 12.2 Å². The van der Waals surface area contributed by atoms with Crippen LogP contribution in [-0.2, 0) is 4.74 Å². The molecule has 0 radical (unpaired) electrons. The number of rotatable bonds is 2. The zero-order chi connectivity index (χ0) is 15.1. The molecule has 4 atom stereocenters. The van der Waals surface area contributed by atoms with Crippen LogP contribution in [0.2, 0.25) is 0 Å². The van der Waals surface area contributed by atoms with Gasteiger partial charge in [-0.25, -0.2) is 9.18 Å². The molecule has 0 amide bonds. The maximum absolute atomic E-state index is 13.4. The first-order chi connectivity index (χ1) is 9.35. The predicted octanol–water partition coefficient (Wildman–Crippen LogP) is -1.17. The third-order valence-corrected chi connectivity index (χ3v) is 3.55. The molecule has 0 spiro atoms. The molecule has 1 aromatic rings. The van der Waals surface area contributed by atoms with Crippen molar-refractivity contribution in [1.82, 2.24) is 9.55 Å². The third-order valence-electron chi connectivity index (χ3n) is 3.03. The maximum atomic E-state index is 13.4. The highest BCUT2D eigenvalue weighted by atomic mass is 35.5. The van der Waals surface area contributed by atoms with E-state index in [1.54, 1.807) is 0 Å². The van der Waals surface area contributed by atoms with Crippen molar-refractivity contribution in [2.24, 2.45) is 0 Å². The van der Waals surface area contributed by atoms with Crippen LogP contribution in [-0.4, -0.2) is 43.5 Å². The van der Waals surface area contributed by atoms with Gasteiger partial charge in [0.25, 0.3) is 0 Å². The van der Waals surface area contributed by atoms with E-state index in [1.807, 2.05) is 0 Å². The van der Waals surface area contributed by atoms with Crippen LogP contribution in [0.3, 0.4) is 0 Å². The highest BCUT2D eigenvalue weighted by Crippen LogP contribution is 2.42. The van der Waals surface area contributed by atoms with E-state index in [0.717, 1.165) is 6.20 Å². The quantitative estimate of drug-likeness (QED) is 0.469. The fraction of sp³-hybridized carbons (Fsp3) is 0.455. The van der Waals surface area contributed by atoms with Gasteiger partial charge >= 0.3 is 5.69 Å². The van der Waals surface area contributed by atoms with Crippen molar-refractivity contribution < 1.29 is 19.3 Å². The van der Waals surface area contributed by atoms with Gasteiger partial charge in [-0.15, -0.1) is 6.42 Å². The molecule has 0 saturated carbocycles. The van der Waals surface area contributed by atoms with Crippen LogP contribution < -0.4 is 11.4 Å². The van der Waals surface area contributed by atoms with E-state index in [2.05, 4.69) is 10.9 Å². The number of anilines is 1. The second kappa shape index (κ2) is 5.03. The molecule has 0 aliphatic carbocycles. The Kier molecular flexibility index (Phi) is 3.71. The van der Waals surface area contributed by atoms with Gasteiger partial charge in [0.05, 0.1) is 12.8 Å². The number of nitrogen functional groups attached to an aromatic ring is 1. The number of aromatic nitrogens is 2. The van der Waals surface area contributed by atoms with Crippen LogP contribution in [0.15, 0.2) is 11.0 Å². The molecule has 1 aromatic heterocycles. The van der Waals surface area contributed by atoms with Crippen molar-refractivity contribution in [2.45, 2.75) is 23.3 Å². The molecule has 20 heavy (non-hydrogen) atoms. The second-order valence-corrected chi connectivity index (χ2v) is 4.86. The van der Waals surface area contributed by atoms with Gasteiger partial charge in [0.2, 0.25) is 0 Å². The minimum Gasteiger partial charge on any atom is -0.394 e. The molecule has 4 N–H and O–H groups in total. The van der Waals surface area contributed by atoms with Crippen molar-refractivity contribution in [3.8, 4) is 12.3 Å². The summed E-state index contributed by atoms with van der Waals surface area (Å²) in [4.78, 5) is 13.1. The van der Waals surface area contributed by atoms with Crippen LogP contribution in [0.5, 0.6) is 0 Å². The molecule has 0 bridgehead atoms. The fourth-order valence-electron chi connectivity index (χ4n) is 1.95. The molecule has 108 valence electrons. The van der Waals surface area contributed by atoms with Gasteiger partial charge in [-0.1, -0.05) is 17.5 Å². The summed E-state index contributed by atoms with van der Waals surface area (Å²) in [5, 5.41) is 19.0. The molecule has 1 saturated heterocycles. The number of nitrogens with zero attached hydrogens (tertiary/aromatic N) is 2. The Morgan fingerprint density at radius 3 is 2.95 bits per heavy atom. The minimum atomic E-state index is -1.85. The number of hydrogen-bond donors (Lipinski definition) is 3. The topological polar surface area (TPSA) is 111 Å². The Hall–Kier alpha value is -1.66. The van der Waals surface area contributed by atoms with E-state index < -0.39 is 47.2 Å². The molecule has 7 nitrogen and oxygen atoms in total. The Morgan fingerprint density at radius 2 is 2.40 bits per heavy atom. The summed E-state index contributed by atoms with van der Waals surface area (Å²) < 4.78 is 19.4. The lowest BCUT2D eigenvalue weighted by molar-refractivity contribution is -0.0466. The van der Waals surface area contributed by atoms with Crippen LogP contribution in [0.1, 0.15) is 6.23 Å². The largest absolute Gasteiger partial charge is 0.394 e. The van der Waals surface area contributed by atoms with Crippen molar-refractivity contribution in [3.05, 3.63) is 22.5 Å². The van der Waals surface area contributed by atoms with Crippen molar-refractivity contribution >= 4 is 17.4 Å². The SMILES string of the molecule is C#CC1(Cl)[C@@H](O)[C@@H](CO)O[C@H]1n1cc(F)c(N)nc1=O. The summed E-state index contributed by atoms with van der Waals surface area (Å²) in [5.41, 5.74) is 4.22. The lowest BCUT2D eigenvalue weighted by Gasteiger charge is -2.25. The first-order valence-electron chi connectivity index (χ1n) is 5.50. The van der Waals surface area contributed by atoms with Gasteiger partial charge in [-0.05, 0) is 0 Å². The molecule has 2 rings (SSSR count). The second-order valence-electron chi connectivity index (χ2n) is 4.23. The average molecular weight is 304 g/mol. The molecule has 9 heteroatoms. The normalized spacial score (nSPS) is 33.0. The summed E-state index contributed by atoms with van der Waals surface area (Å²) in [6.07, 6.45) is 2.05. The Bertz CT molecular complexity index is 631. The standard InChI is InChI=1S/C11H11ClFN3O4/c1-2-11(12)7(18)6(4-17)20-9(11)16-3-5(13)8(14)15-10(16)19/h1,3,6-7,9,17-18H,4H2,(H2,14,15,19)/t6-,7+,9-,11?/m1/s1. The Morgan fingerprint density at radius 1 is 1.75 bits per heavy atom. The monoisotopic (exact) mass is 303 g/mol. The third kappa shape index (κ3) is 2.05. The lowest BCUT2D eigenvalue weighted by atomic mass is 9.99. The van der Waals surface area contributed by atoms with Crippen LogP contribution in [0.25, 0.3) is 0 Å². The van der Waals surface area contributed by atoms with Crippen molar-refractivity contribution in [2.75, 3.05) is 12.3 Å². The van der Waals surface area contributed by atoms with E-state index in [1.165, 1.54) is 0 Å². The van der Waals surface area contributed by atoms with Crippen LogP contribution in [0, 0.1) is 18.2 Å². The van der Waals surface area contributed by atoms with Gasteiger partial charge < -0.3 is 20.7 Å². The predicted molar refractivity (Wildman–Crippen MR) is 67.3 cm³/mol. The first-order valence-corrected chi connectivity index (χ1v) is 5.88. The summed E-state index contributed by atoms with van der Waals surface area (Å²) >= 11 is 6.08. The first kappa shape index (κ1) is 14.7. The van der Waals surface area contributed by atoms with Crippen LogP contribution in [0.4, 0.5) is 10.2 Å². The highest BCUT2D eigenvalue weighted by Gasteiger charge is 2.55. The number of alkyl halides is 1. The smallest absolute Gasteiger partial charge is 0.351 e. The minimum absolute atomic E-state index is 0.576. The lowest BCUT2D eigenvalue weighted by Crippen LogP contribution is -2.43. The van der Waals surface area contributed by atoms with Crippen molar-refractivity contribution in [3.63, 3.8) is 0 Å². The van der Waals surface area contributed by atoms with E-state index in [9.17, 15) is 14.3 Å². The van der Waals surface area contributed by atoms with E-state index in [-0.39, 0.29) is 0 Å². The van der Waals surface area contributed by atoms with E-state index >= 15 is 0 Å². The average Bonchev–Trinajstić information content (AvgIpc) is 2.67. The Labute approximate surface area is 117 Å². The molecule has 1 aliphatic rings. The van der Waals surface area contributed by atoms with Gasteiger partial charge in [-0.3, -0.25) is 4.57 Å². The Balaban J connectivity index is 2.55. The number of aliphatic hydroxyl groups is 2. The number of nitrogens with two attached hydrogens (primary N) is 1.